The van der Waals surface area contributed by atoms with E-state index in [9.17, 15) is 9.59 Å². The van der Waals surface area contributed by atoms with Crippen molar-refractivity contribution in [1.82, 2.24) is 0 Å². The van der Waals surface area contributed by atoms with Gasteiger partial charge in [0, 0.05) is 26.4 Å². The Bertz CT molecular complexity index is 891. The lowest BCUT2D eigenvalue weighted by atomic mass is 10.0. The molecule has 1 fully saturated rings. The van der Waals surface area contributed by atoms with Crippen molar-refractivity contribution in [3.8, 4) is 0 Å². The fourth-order valence-electron chi connectivity index (χ4n) is 3.19. The summed E-state index contributed by atoms with van der Waals surface area (Å²) in [4.78, 5) is 26.3. The van der Waals surface area contributed by atoms with Crippen LogP contribution in [0.5, 0.6) is 0 Å². The van der Waals surface area contributed by atoms with E-state index < -0.39 is 4.87 Å². The molecule has 0 radical (unpaired) electrons. The average molecular weight is 424 g/mol. The van der Waals surface area contributed by atoms with Crippen molar-refractivity contribution in [2.45, 2.75) is 17.0 Å². The zero-order chi connectivity index (χ0) is 17.1. The lowest BCUT2D eigenvalue weighted by Gasteiger charge is -2.32. The van der Waals surface area contributed by atoms with Crippen LogP contribution in [-0.2, 0) is 14.5 Å². The molecular formula is C17H12BrClN2O2S. The van der Waals surface area contributed by atoms with Crippen LogP contribution in [0.2, 0.25) is 5.02 Å². The van der Waals surface area contributed by atoms with Crippen LogP contribution in [0.1, 0.15) is 12.5 Å². The Kier molecular flexibility index (Phi) is 3.67. The van der Waals surface area contributed by atoms with Crippen LogP contribution < -0.4 is 10.2 Å². The predicted octanol–water partition coefficient (Wildman–Crippen LogP) is 4.38. The first kappa shape index (κ1) is 16.0. The summed E-state index contributed by atoms with van der Waals surface area (Å²) in [6.07, 6.45) is 0. The lowest BCUT2D eigenvalue weighted by Crippen LogP contribution is -2.47. The summed E-state index contributed by atoms with van der Waals surface area (Å²) in [6.45, 7) is 1.82. The van der Waals surface area contributed by atoms with Gasteiger partial charge < -0.3 is 5.32 Å². The largest absolute Gasteiger partial charge is 0.323 e. The number of fused-ring (bicyclic) bond motifs is 2. The molecule has 7 heteroatoms. The zero-order valence-corrected chi connectivity index (χ0v) is 15.7. The molecule has 1 spiro atoms. The molecule has 0 aromatic heterocycles. The molecule has 0 saturated carbocycles. The molecule has 0 bridgehead atoms. The van der Waals surface area contributed by atoms with Gasteiger partial charge in [0.1, 0.15) is 0 Å². The summed E-state index contributed by atoms with van der Waals surface area (Å²) in [5, 5.41) is 3.09. The molecule has 4 nitrogen and oxygen atoms in total. The van der Waals surface area contributed by atoms with Gasteiger partial charge in [-0.1, -0.05) is 33.6 Å². The van der Waals surface area contributed by atoms with Gasteiger partial charge >= 0.3 is 0 Å². The number of amides is 2. The summed E-state index contributed by atoms with van der Waals surface area (Å²) in [7, 11) is 0. The van der Waals surface area contributed by atoms with E-state index in [-0.39, 0.29) is 17.1 Å². The summed E-state index contributed by atoms with van der Waals surface area (Å²) >= 11 is 10.9. The van der Waals surface area contributed by atoms with Gasteiger partial charge in [-0.05, 0) is 43.3 Å². The Morgan fingerprint density at radius 3 is 2.79 bits per heavy atom. The maximum atomic E-state index is 13.0. The van der Waals surface area contributed by atoms with Crippen molar-refractivity contribution >= 4 is 62.5 Å². The fourth-order valence-corrected chi connectivity index (χ4v) is 5.21. The van der Waals surface area contributed by atoms with Gasteiger partial charge in [0.05, 0.1) is 5.25 Å². The van der Waals surface area contributed by atoms with E-state index in [1.165, 1.54) is 11.8 Å². The van der Waals surface area contributed by atoms with E-state index in [0.717, 1.165) is 15.7 Å². The minimum atomic E-state index is -1.11. The number of hydrogen-bond acceptors (Lipinski definition) is 3. The van der Waals surface area contributed by atoms with E-state index >= 15 is 0 Å². The number of thioether (sulfide) groups is 1. The second-order valence-electron chi connectivity index (χ2n) is 5.70. The molecule has 1 N–H and O–H groups in total. The van der Waals surface area contributed by atoms with Crippen molar-refractivity contribution in [3.63, 3.8) is 0 Å². The number of nitrogens with zero attached hydrogens (tertiary/aromatic N) is 1. The molecule has 2 aliphatic rings. The summed E-state index contributed by atoms with van der Waals surface area (Å²) in [6, 6.07) is 12.6. The van der Waals surface area contributed by atoms with E-state index in [1.54, 1.807) is 29.2 Å². The number of carbonyl (C=O) groups is 2. The molecule has 122 valence electrons. The van der Waals surface area contributed by atoms with Gasteiger partial charge in [-0.25, -0.2) is 0 Å². The highest BCUT2D eigenvalue weighted by atomic mass is 79.9. The van der Waals surface area contributed by atoms with Gasteiger partial charge in [-0.15, -0.1) is 11.8 Å². The first-order valence-electron chi connectivity index (χ1n) is 7.32. The minimum Gasteiger partial charge on any atom is -0.323 e. The molecule has 2 heterocycles. The fraction of sp³-hybridized carbons (Fsp3) is 0.176. The normalized spacial score (nSPS) is 25.3. The van der Waals surface area contributed by atoms with Gasteiger partial charge in [0.25, 0.3) is 5.91 Å². The zero-order valence-electron chi connectivity index (χ0n) is 12.5. The predicted molar refractivity (Wildman–Crippen MR) is 100 cm³/mol. The van der Waals surface area contributed by atoms with Gasteiger partial charge in [0.15, 0.2) is 0 Å². The highest BCUT2D eigenvalue weighted by molar-refractivity contribution is 9.10. The molecule has 2 aromatic rings. The van der Waals surface area contributed by atoms with Gasteiger partial charge in [0.2, 0.25) is 10.8 Å². The smallest absolute Gasteiger partial charge is 0.266 e. The Balaban J connectivity index is 1.97. The first-order chi connectivity index (χ1) is 11.4. The molecule has 4 rings (SSSR count). The van der Waals surface area contributed by atoms with Crippen LogP contribution in [0.4, 0.5) is 11.4 Å². The quantitative estimate of drug-likeness (QED) is 0.741. The third kappa shape index (κ3) is 2.13. The van der Waals surface area contributed by atoms with Gasteiger partial charge in [-0.2, -0.15) is 0 Å². The van der Waals surface area contributed by atoms with Crippen molar-refractivity contribution in [2.75, 3.05) is 10.2 Å². The molecule has 0 aliphatic carbocycles. The number of hydrogen-bond donors (Lipinski definition) is 1. The van der Waals surface area contributed by atoms with Crippen LogP contribution in [0.3, 0.4) is 0 Å². The minimum absolute atomic E-state index is 0.106. The topological polar surface area (TPSA) is 49.4 Å². The SMILES string of the molecule is CC1SC2(C(=O)Nc3ccc(Br)cc32)N(c2cccc(Cl)c2)C1=O. The lowest BCUT2D eigenvalue weighted by molar-refractivity contribution is -0.122. The molecule has 2 unspecified atom stereocenters. The van der Waals surface area contributed by atoms with Crippen LogP contribution in [-0.4, -0.2) is 17.1 Å². The molecule has 1 saturated heterocycles. The number of anilines is 2. The van der Waals surface area contributed by atoms with Crippen molar-refractivity contribution in [1.29, 1.82) is 0 Å². The number of halogens is 2. The highest BCUT2D eigenvalue weighted by Crippen LogP contribution is 2.56. The number of rotatable bonds is 1. The maximum absolute atomic E-state index is 13.0. The summed E-state index contributed by atoms with van der Waals surface area (Å²) < 4.78 is 0.857. The number of benzene rings is 2. The molecule has 24 heavy (non-hydrogen) atoms. The van der Waals surface area contributed by atoms with Crippen LogP contribution in [0, 0.1) is 0 Å². The van der Waals surface area contributed by atoms with Crippen molar-refractivity contribution in [2.24, 2.45) is 0 Å². The summed E-state index contributed by atoms with van der Waals surface area (Å²) in [5.74, 6) is -0.316. The van der Waals surface area contributed by atoms with Gasteiger partial charge in [-0.3, -0.25) is 14.5 Å². The second kappa shape index (κ2) is 5.51. The first-order valence-corrected chi connectivity index (χ1v) is 9.37. The van der Waals surface area contributed by atoms with E-state index in [1.807, 2.05) is 25.1 Å². The van der Waals surface area contributed by atoms with Crippen LogP contribution in [0.25, 0.3) is 0 Å². The molecule has 2 amide bonds. The van der Waals surface area contributed by atoms with Crippen LogP contribution in [0.15, 0.2) is 46.9 Å². The number of nitrogens with one attached hydrogen (secondary N) is 1. The Labute approximate surface area is 156 Å². The molecule has 2 atom stereocenters. The standard InChI is InChI=1S/C17H12BrClN2O2S/c1-9-15(22)21(12-4-2-3-11(19)8-12)17(24-9)13-7-10(18)5-6-14(13)20-16(17)23/h2-9H,1H3,(H,20,23). The Morgan fingerprint density at radius 2 is 2.04 bits per heavy atom. The van der Waals surface area contributed by atoms with E-state index in [2.05, 4.69) is 21.2 Å². The monoisotopic (exact) mass is 422 g/mol. The third-order valence-corrected chi connectivity index (χ3v) is 6.41. The summed E-state index contributed by atoms with van der Waals surface area (Å²) in [5.41, 5.74) is 2.13. The third-order valence-electron chi connectivity index (χ3n) is 4.20. The molecule has 2 aliphatic heterocycles. The molecule has 2 aromatic carbocycles. The van der Waals surface area contributed by atoms with E-state index in [4.69, 9.17) is 11.6 Å². The van der Waals surface area contributed by atoms with E-state index in [0.29, 0.717) is 10.7 Å². The van der Waals surface area contributed by atoms with Crippen LogP contribution >= 0.6 is 39.3 Å². The second-order valence-corrected chi connectivity index (χ2v) is 8.59. The highest BCUT2D eigenvalue weighted by Gasteiger charge is 2.61. The Hall–Kier alpha value is -1.50. The number of carbonyl (C=O) groups excluding carboxylic acids is 2. The maximum Gasteiger partial charge on any atom is 0.266 e. The van der Waals surface area contributed by atoms with Crippen molar-refractivity contribution in [3.05, 3.63) is 57.5 Å². The average Bonchev–Trinajstić information content (AvgIpc) is 2.96. The van der Waals surface area contributed by atoms with Crippen molar-refractivity contribution < 1.29 is 9.59 Å². The molecular weight excluding hydrogens is 412 g/mol. The Morgan fingerprint density at radius 1 is 1.25 bits per heavy atom.